The Hall–Kier alpha value is -2.64. The molecule has 30 heavy (non-hydrogen) atoms. The quantitative estimate of drug-likeness (QED) is 0.643. The summed E-state index contributed by atoms with van der Waals surface area (Å²) >= 11 is 0. The maximum Gasteiger partial charge on any atom is 0.271 e. The van der Waals surface area contributed by atoms with Gasteiger partial charge in [-0.05, 0) is 42.8 Å². The molecule has 6 nitrogen and oxygen atoms in total. The summed E-state index contributed by atoms with van der Waals surface area (Å²) in [7, 11) is -1.91. The van der Waals surface area contributed by atoms with Gasteiger partial charge in [0.15, 0.2) is 0 Å². The predicted octanol–water partition coefficient (Wildman–Crippen LogP) is 3.39. The van der Waals surface area contributed by atoms with E-state index in [0.29, 0.717) is 24.5 Å². The van der Waals surface area contributed by atoms with Gasteiger partial charge in [0.05, 0.1) is 10.4 Å². The van der Waals surface area contributed by atoms with Crippen molar-refractivity contribution in [2.75, 3.05) is 33.2 Å². The minimum atomic E-state index is -3.93. The van der Waals surface area contributed by atoms with Crippen molar-refractivity contribution in [2.24, 2.45) is 0 Å². The topological polar surface area (TPSA) is 62.6 Å². The summed E-state index contributed by atoms with van der Waals surface area (Å²) in [5, 5.41) is 0.734. The van der Waals surface area contributed by atoms with Crippen molar-refractivity contribution in [2.45, 2.75) is 24.7 Å². The highest BCUT2D eigenvalue weighted by Gasteiger charge is 2.30. The van der Waals surface area contributed by atoms with Crippen LogP contribution in [0.2, 0.25) is 0 Å². The first-order valence-corrected chi connectivity index (χ1v) is 11.7. The first kappa shape index (κ1) is 20.6. The van der Waals surface area contributed by atoms with Crippen LogP contribution in [0.1, 0.15) is 35.8 Å². The molecule has 1 aliphatic heterocycles. The molecule has 1 fully saturated rings. The van der Waals surface area contributed by atoms with Gasteiger partial charge in [0.25, 0.3) is 15.9 Å². The number of fused-ring (bicyclic) bond motifs is 1. The average molecular weight is 426 g/mol. The minimum Gasteiger partial charge on any atom is -0.335 e. The zero-order valence-corrected chi connectivity index (χ0v) is 18.4. The zero-order valence-electron chi connectivity index (χ0n) is 17.6. The summed E-state index contributed by atoms with van der Waals surface area (Å²) in [6.45, 7) is 6.84. The third-order valence-electron chi connectivity index (χ3n) is 5.76. The summed E-state index contributed by atoms with van der Waals surface area (Å²) in [4.78, 5) is 17.4. The van der Waals surface area contributed by atoms with Crippen LogP contribution < -0.4 is 0 Å². The Morgan fingerprint density at radius 3 is 2.20 bits per heavy atom. The molecule has 158 valence electrons. The van der Waals surface area contributed by atoms with Crippen LogP contribution in [-0.2, 0) is 10.0 Å². The van der Waals surface area contributed by atoms with E-state index < -0.39 is 10.0 Å². The number of carbonyl (C=O) groups excluding carboxylic acids is 1. The van der Waals surface area contributed by atoms with Crippen molar-refractivity contribution in [3.05, 3.63) is 65.9 Å². The number of likely N-dealkylation sites (N-methyl/N-ethyl adjacent to an activating group) is 1. The smallest absolute Gasteiger partial charge is 0.271 e. The van der Waals surface area contributed by atoms with Crippen molar-refractivity contribution in [1.29, 1.82) is 0 Å². The van der Waals surface area contributed by atoms with Gasteiger partial charge in [0.2, 0.25) is 0 Å². The summed E-state index contributed by atoms with van der Waals surface area (Å²) in [5.74, 6) is 0.0604. The number of benzene rings is 2. The molecule has 1 aliphatic rings. The number of hydrogen-bond acceptors (Lipinski definition) is 4. The van der Waals surface area contributed by atoms with Gasteiger partial charge >= 0.3 is 0 Å². The number of hydrogen-bond donors (Lipinski definition) is 0. The van der Waals surface area contributed by atoms with Gasteiger partial charge in [-0.25, -0.2) is 12.4 Å². The molecule has 2 heterocycles. The second-order valence-electron chi connectivity index (χ2n) is 8.18. The third kappa shape index (κ3) is 3.63. The molecular formula is C23H27N3O3S. The van der Waals surface area contributed by atoms with Crippen molar-refractivity contribution >= 4 is 26.8 Å². The maximum absolute atomic E-state index is 13.6. The first-order chi connectivity index (χ1) is 14.3. The number of para-hydroxylation sites is 1. The average Bonchev–Trinajstić information content (AvgIpc) is 3.14. The number of rotatable bonds is 4. The molecule has 0 saturated carbocycles. The van der Waals surface area contributed by atoms with E-state index in [4.69, 9.17) is 0 Å². The highest BCUT2D eigenvalue weighted by atomic mass is 32.2. The van der Waals surface area contributed by atoms with Crippen LogP contribution in [-0.4, -0.2) is 61.3 Å². The van der Waals surface area contributed by atoms with E-state index in [2.05, 4.69) is 18.7 Å². The van der Waals surface area contributed by atoms with Gasteiger partial charge < -0.3 is 9.80 Å². The summed E-state index contributed by atoms with van der Waals surface area (Å²) in [6, 6.07) is 15.8. The van der Waals surface area contributed by atoms with Gasteiger partial charge in [-0.15, -0.1) is 0 Å². The molecule has 0 bridgehead atoms. The molecule has 0 atom stereocenters. The molecule has 3 aromatic rings. The lowest BCUT2D eigenvalue weighted by Gasteiger charge is -2.32. The lowest BCUT2D eigenvalue weighted by atomic mass is 10.0. The van der Waals surface area contributed by atoms with Crippen LogP contribution in [0.3, 0.4) is 0 Å². The van der Waals surface area contributed by atoms with E-state index in [1.54, 1.807) is 35.2 Å². The fourth-order valence-corrected chi connectivity index (χ4v) is 5.35. The molecule has 1 saturated heterocycles. The van der Waals surface area contributed by atoms with Crippen molar-refractivity contribution < 1.29 is 13.2 Å². The largest absolute Gasteiger partial charge is 0.335 e. The normalized spacial score (nSPS) is 15.8. The van der Waals surface area contributed by atoms with Gasteiger partial charge in [-0.2, -0.15) is 0 Å². The molecule has 0 N–H and O–H groups in total. The molecule has 2 aromatic carbocycles. The second-order valence-corrected chi connectivity index (χ2v) is 9.96. The Balaban J connectivity index is 1.83. The number of aromatic nitrogens is 1. The number of nitrogens with zero attached hydrogens (tertiary/aromatic N) is 3. The van der Waals surface area contributed by atoms with Crippen LogP contribution in [0.15, 0.2) is 59.5 Å². The molecule has 0 unspecified atom stereocenters. The molecule has 7 heteroatoms. The number of amides is 1. The Morgan fingerprint density at radius 2 is 1.57 bits per heavy atom. The van der Waals surface area contributed by atoms with Gasteiger partial charge in [-0.3, -0.25) is 4.79 Å². The lowest BCUT2D eigenvalue weighted by Crippen LogP contribution is -2.47. The van der Waals surface area contributed by atoms with Crippen molar-refractivity contribution in [3.8, 4) is 0 Å². The highest BCUT2D eigenvalue weighted by Crippen LogP contribution is 2.28. The SMILES string of the molecule is CC(C)c1ccc(S(=O)(=O)n2c(C(=O)N3CCN(C)CC3)cc3ccccc32)cc1. The van der Waals surface area contributed by atoms with Crippen molar-refractivity contribution in [3.63, 3.8) is 0 Å². The molecular weight excluding hydrogens is 398 g/mol. The third-order valence-corrected chi connectivity index (χ3v) is 7.50. The molecule has 1 amide bonds. The van der Waals surface area contributed by atoms with E-state index in [1.165, 1.54) is 3.97 Å². The Labute approximate surface area is 177 Å². The van der Waals surface area contributed by atoms with Crippen LogP contribution in [0.4, 0.5) is 0 Å². The summed E-state index contributed by atoms with van der Waals surface area (Å²) in [6.07, 6.45) is 0. The first-order valence-electron chi connectivity index (χ1n) is 10.2. The molecule has 4 rings (SSSR count). The highest BCUT2D eigenvalue weighted by molar-refractivity contribution is 7.90. The second kappa shape index (κ2) is 7.89. The van der Waals surface area contributed by atoms with Crippen LogP contribution in [0, 0.1) is 0 Å². The summed E-state index contributed by atoms with van der Waals surface area (Å²) in [5.41, 5.74) is 1.77. The Bertz CT molecular complexity index is 1170. The van der Waals surface area contributed by atoms with E-state index in [0.717, 1.165) is 24.0 Å². The minimum absolute atomic E-state index is 0.181. The maximum atomic E-state index is 13.6. The lowest BCUT2D eigenvalue weighted by molar-refractivity contribution is 0.0657. The number of piperazine rings is 1. The molecule has 0 spiro atoms. The molecule has 0 aliphatic carbocycles. The van der Waals surface area contributed by atoms with E-state index in [-0.39, 0.29) is 16.5 Å². The van der Waals surface area contributed by atoms with Crippen molar-refractivity contribution in [1.82, 2.24) is 13.8 Å². The monoisotopic (exact) mass is 425 g/mol. The van der Waals surface area contributed by atoms with Crippen LogP contribution in [0.5, 0.6) is 0 Å². The van der Waals surface area contributed by atoms with E-state index >= 15 is 0 Å². The van der Waals surface area contributed by atoms with E-state index in [9.17, 15) is 13.2 Å². The Kier molecular flexibility index (Phi) is 5.42. The van der Waals surface area contributed by atoms with Gasteiger partial charge in [-0.1, -0.05) is 44.2 Å². The molecule has 1 aromatic heterocycles. The summed E-state index contributed by atoms with van der Waals surface area (Å²) < 4.78 is 28.5. The van der Waals surface area contributed by atoms with Crippen LogP contribution in [0.25, 0.3) is 10.9 Å². The fraction of sp³-hybridized carbons (Fsp3) is 0.348. The van der Waals surface area contributed by atoms with Crippen LogP contribution >= 0.6 is 0 Å². The zero-order chi connectivity index (χ0) is 21.5. The fourth-order valence-electron chi connectivity index (χ4n) is 3.84. The number of carbonyl (C=O) groups is 1. The Morgan fingerprint density at radius 1 is 0.933 bits per heavy atom. The van der Waals surface area contributed by atoms with Gasteiger partial charge in [0, 0.05) is 31.6 Å². The standard InChI is InChI=1S/C23H27N3O3S/c1-17(2)18-8-10-20(11-9-18)30(28,29)26-21-7-5-4-6-19(21)16-22(26)23(27)25-14-12-24(3)13-15-25/h4-11,16-17H,12-15H2,1-3H3. The molecule has 0 radical (unpaired) electrons. The van der Waals surface area contributed by atoms with Gasteiger partial charge in [0.1, 0.15) is 5.69 Å². The predicted molar refractivity (Wildman–Crippen MR) is 118 cm³/mol. The van der Waals surface area contributed by atoms with E-state index in [1.807, 2.05) is 31.3 Å².